The van der Waals surface area contributed by atoms with Crippen LogP contribution in [0.1, 0.15) is 31.4 Å². The molecule has 1 atom stereocenters. The van der Waals surface area contributed by atoms with E-state index >= 15 is 0 Å². The van der Waals surface area contributed by atoms with Gasteiger partial charge in [0.2, 0.25) is 5.91 Å². The van der Waals surface area contributed by atoms with Crippen LogP contribution in [0.2, 0.25) is 0 Å². The molecule has 2 fully saturated rings. The first-order valence-electron chi connectivity index (χ1n) is 7.16. The molecule has 2 heterocycles. The molecular formula is C15H19NO4. The third-order valence-electron chi connectivity index (χ3n) is 3.83. The van der Waals surface area contributed by atoms with Gasteiger partial charge in [0.15, 0.2) is 0 Å². The minimum Gasteiger partial charge on any atom is -0.488 e. The SMILES string of the molecule is Cc1cc(O[C@@H]2CCN(C(=O)CC3CC3)C2)cc(=O)o1. The molecule has 1 aromatic rings. The van der Waals surface area contributed by atoms with Crippen molar-refractivity contribution in [2.24, 2.45) is 5.92 Å². The zero-order valence-corrected chi connectivity index (χ0v) is 11.6. The van der Waals surface area contributed by atoms with Crippen LogP contribution in [0.4, 0.5) is 0 Å². The van der Waals surface area contributed by atoms with Gasteiger partial charge >= 0.3 is 5.63 Å². The Hall–Kier alpha value is -1.78. The molecule has 0 aromatic carbocycles. The van der Waals surface area contributed by atoms with Gasteiger partial charge in [-0.3, -0.25) is 4.79 Å². The molecular weight excluding hydrogens is 258 g/mol. The molecule has 0 bridgehead atoms. The van der Waals surface area contributed by atoms with Gasteiger partial charge < -0.3 is 14.1 Å². The number of carbonyl (C=O) groups excluding carboxylic acids is 1. The molecule has 0 radical (unpaired) electrons. The van der Waals surface area contributed by atoms with E-state index in [0.717, 1.165) is 13.0 Å². The molecule has 1 aliphatic carbocycles. The van der Waals surface area contributed by atoms with Gasteiger partial charge in [-0.25, -0.2) is 4.79 Å². The number of ether oxygens (including phenoxy) is 1. The number of rotatable bonds is 4. The zero-order chi connectivity index (χ0) is 14.1. The highest BCUT2D eigenvalue weighted by atomic mass is 16.5. The third kappa shape index (κ3) is 3.21. The van der Waals surface area contributed by atoms with Gasteiger partial charge in [-0.2, -0.15) is 0 Å². The van der Waals surface area contributed by atoms with Crippen molar-refractivity contribution in [2.75, 3.05) is 13.1 Å². The van der Waals surface area contributed by atoms with Gasteiger partial charge in [0.05, 0.1) is 12.6 Å². The average Bonchev–Trinajstić information content (AvgIpc) is 3.04. The summed E-state index contributed by atoms with van der Waals surface area (Å²) in [6.07, 6.45) is 3.85. The number of hydrogen-bond donors (Lipinski definition) is 0. The number of hydrogen-bond acceptors (Lipinski definition) is 4. The van der Waals surface area contributed by atoms with E-state index < -0.39 is 5.63 Å². The standard InChI is InChI=1S/C15H19NO4/c1-10-6-13(8-15(18)19-10)20-12-4-5-16(9-12)14(17)7-11-2-3-11/h6,8,11-12H,2-5,7,9H2,1H3/t12-/m1/s1. The summed E-state index contributed by atoms with van der Waals surface area (Å²) in [5.41, 5.74) is -0.403. The molecule has 5 heteroatoms. The number of nitrogens with zero attached hydrogens (tertiary/aromatic N) is 1. The lowest BCUT2D eigenvalue weighted by molar-refractivity contribution is -0.130. The molecule has 108 valence electrons. The Balaban J connectivity index is 1.56. The maximum absolute atomic E-state index is 12.0. The fourth-order valence-electron chi connectivity index (χ4n) is 2.59. The van der Waals surface area contributed by atoms with Gasteiger partial charge in [0.1, 0.15) is 17.6 Å². The molecule has 1 amide bonds. The van der Waals surface area contributed by atoms with Crippen LogP contribution in [-0.2, 0) is 4.79 Å². The highest BCUT2D eigenvalue weighted by molar-refractivity contribution is 5.77. The number of likely N-dealkylation sites (tertiary alicyclic amines) is 1. The van der Waals surface area contributed by atoms with Crippen LogP contribution < -0.4 is 10.4 Å². The van der Waals surface area contributed by atoms with Crippen LogP contribution in [0.3, 0.4) is 0 Å². The monoisotopic (exact) mass is 277 g/mol. The van der Waals surface area contributed by atoms with Crippen molar-refractivity contribution in [2.45, 2.75) is 38.7 Å². The number of amides is 1. The first kappa shape index (κ1) is 13.2. The van der Waals surface area contributed by atoms with Gasteiger partial charge in [-0.15, -0.1) is 0 Å². The maximum Gasteiger partial charge on any atom is 0.339 e. The Morgan fingerprint density at radius 3 is 2.90 bits per heavy atom. The minimum absolute atomic E-state index is 0.0284. The van der Waals surface area contributed by atoms with Gasteiger partial charge in [-0.1, -0.05) is 0 Å². The summed E-state index contributed by atoms with van der Waals surface area (Å²) in [5, 5.41) is 0. The number of carbonyl (C=O) groups is 1. The van der Waals surface area contributed by atoms with Crippen LogP contribution in [-0.4, -0.2) is 30.0 Å². The quantitative estimate of drug-likeness (QED) is 0.841. The van der Waals surface area contributed by atoms with Crippen LogP contribution >= 0.6 is 0 Å². The van der Waals surface area contributed by atoms with E-state index in [-0.39, 0.29) is 12.0 Å². The van der Waals surface area contributed by atoms with E-state index in [1.165, 1.54) is 18.9 Å². The van der Waals surface area contributed by atoms with Crippen molar-refractivity contribution in [3.63, 3.8) is 0 Å². The molecule has 3 rings (SSSR count). The highest BCUT2D eigenvalue weighted by Crippen LogP contribution is 2.33. The maximum atomic E-state index is 12.0. The first-order valence-corrected chi connectivity index (χ1v) is 7.16. The zero-order valence-electron chi connectivity index (χ0n) is 11.6. The summed E-state index contributed by atoms with van der Waals surface area (Å²) >= 11 is 0. The van der Waals surface area contributed by atoms with E-state index in [9.17, 15) is 9.59 Å². The summed E-state index contributed by atoms with van der Waals surface area (Å²) in [6.45, 7) is 3.08. The Kier molecular flexibility index (Phi) is 3.51. The largest absolute Gasteiger partial charge is 0.488 e. The van der Waals surface area contributed by atoms with Gasteiger partial charge in [0, 0.05) is 25.5 Å². The van der Waals surface area contributed by atoms with Gasteiger partial charge in [0.25, 0.3) is 0 Å². The van der Waals surface area contributed by atoms with Crippen molar-refractivity contribution < 1.29 is 13.9 Å². The normalized spacial score (nSPS) is 22.1. The number of aryl methyl sites for hydroxylation is 1. The lowest BCUT2D eigenvalue weighted by atomic mass is 10.2. The summed E-state index contributed by atoms with van der Waals surface area (Å²) in [4.78, 5) is 25.2. The predicted octanol–water partition coefficient (Wildman–Crippen LogP) is 1.73. The van der Waals surface area contributed by atoms with E-state index in [1.807, 2.05) is 4.90 Å². The van der Waals surface area contributed by atoms with E-state index in [2.05, 4.69) is 0 Å². The topological polar surface area (TPSA) is 59.8 Å². The molecule has 0 spiro atoms. The fourth-order valence-corrected chi connectivity index (χ4v) is 2.59. The molecule has 2 aliphatic rings. The van der Waals surface area contributed by atoms with E-state index in [4.69, 9.17) is 9.15 Å². The second-order valence-electron chi connectivity index (χ2n) is 5.74. The van der Waals surface area contributed by atoms with Crippen LogP contribution in [0.25, 0.3) is 0 Å². The van der Waals surface area contributed by atoms with Crippen LogP contribution in [0.15, 0.2) is 21.3 Å². The van der Waals surface area contributed by atoms with Crippen molar-refractivity contribution in [3.05, 3.63) is 28.3 Å². The first-order chi connectivity index (χ1) is 9.60. The van der Waals surface area contributed by atoms with E-state index in [1.54, 1.807) is 13.0 Å². The smallest absolute Gasteiger partial charge is 0.339 e. The lowest BCUT2D eigenvalue weighted by Crippen LogP contribution is -2.31. The lowest BCUT2D eigenvalue weighted by Gasteiger charge is -2.17. The molecule has 5 nitrogen and oxygen atoms in total. The molecule has 1 saturated heterocycles. The molecule has 0 unspecified atom stereocenters. The summed E-state index contributed by atoms with van der Waals surface area (Å²) in [7, 11) is 0. The summed E-state index contributed by atoms with van der Waals surface area (Å²) in [6, 6.07) is 3.05. The Morgan fingerprint density at radius 1 is 1.40 bits per heavy atom. The van der Waals surface area contributed by atoms with Crippen molar-refractivity contribution in [3.8, 4) is 5.75 Å². The predicted molar refractivity (Wildman–Crippen MR) is 72.7 cm³/mol. The third-order valence-corrected chi connectivity index (χ3v) is 3.83. The molecule has 20 heavy (non-hydrogen) atoms. The average molecular weight is 277 g/mol. The van der Waals surface area contributed by atoms with E-state index in [0.29, 0.717) is 30.4 Å². The Morgan fingerprint density at radius 2 is 2.20 bits per heavy atom. The summed E-state index contributed by atoms with van der Waals surface area (Å²) in [5.74, 6) is 1.92. The minimum atomic E-state index is -0.403. The van der Waals surface area contributed by atoms with Crippen LogP contribution in [0, 0.1) is 12.8 Å². The Labute approximate surface area is 117 Å². The van der Waals surface area contributed by atoms with Crippen molar-refractivity contribution >= 4 is 5.91 Å². The molecule has 1 saturated carbocycles. The Bertz CT molecular complexity index is 561. The van der Waals surface area contributed by atoms with Crippen LogP contribution in [0.5, 0.6) is 5.75 Å². The molecule has 1 aromatic heterocycles. The second-order valence-corrected chi connectivity index (χ2v) is 5.74. The van der Waals surface area contributed by atoms with Crippen molar-refractivity contribution in [1.82, 2.24) is 4.90 Å². The summed E-state index contributed by atoms with van der Waals surface area (Å²) < 4.78 is 10.7. The highest BCUT2D eigenvalue weighted by Gasteiger charge is 2.31. The molecule has 0 N–H and O–H groups in total. The van der Waals surface area contributed by atoms with Crippen molar-refractivity contribution in [1.29, 1.82) is 0 Å². The fraction of sp³-hybridized carbons (Fsp3) is 0.600. The van der Waals surface area contributed by atoms with Gasteiger partial charge in [-0.05, 0) is 25.7 Å². The second kappa shape index (κ2) is 5.31. The molecule has 1 aliphatic heterocycles.